The highest BCUT2D eigenvalue weighted by atomic mass is 79.9. The first-order valence-corrected chi connectivity index (χ1v) is 10.2. The van der Waals surface area contributed by atoms with E-state index in [0.717, 1.165) is 15.1 Å². The van der Waals surface area contributed by atoms with Gasteiger partial charge in [-0.05, 0) is 40.0 Å². The van der Waals surface area contributed by atoms with Crippen molar-refractivity contribution in [2.45, 2.75) is 30.6 Å². The quantitative estimate of drug-likeness (QED) is 0.491. The number of nitrogen functional groups attached to an aromatic ring is 1. The second kappa shape index (κ2) is 7.95. The summed E-state index contributed by atoms with van der Waals surface area (Å²) in [5.41, 5.74) is 7.88. The van der Waals surface area contributed by atoms with E-state index >= 15 is 0 Å². The summed E-state index contributed by atoms with van der Waals surface area (Å²) in [7, 11) is 2.96. The number of fused-ring (bicyclic) bond motifs is 1. The Kier molecular flexibility index (Phi) is 5.49. The van der Waals surface area contributed by atoms with Crippen molar-refractivity contribution in [3.05, 3.63) is 52.4 Å². The van der Waals surface area contributed by atoms with Crippen molar-refractivity contribution in [2.75, 3.05) is 19.9 Å². The molecule has 1 aliphatic carbocycles. The molecule has 10 heteroatoms. The van der Waals surface area contributed by atoms with Gasteiger partial charge in [0.25, 0.3) is 5.91 Å². The Hall–Kier alpha value is -2.53. The summed E-state index contributed by atoms with van der Waals surface area (Å²) in [4.78, 5) is 25.5. The van der Waals surface area contributed by atoms with E-state index in [9.17, 15) is 15.0 Å². The van der Waals surface area contributed by atoms with Crippen molar-refractivity contribution >= 4 is 38.7 Å². The predicted octanol–water partition coefficient (Wildman–Crippen LogP) is 1.86. The molecule has 4 atom stereocenters. The van der Waals surface area contributed by atoms with Crippen molar-refractivity contribution in [3.63, 3.8) is 0 Å². The Morgan fingerprint density at radius 1 is 1.27 bits per heavy atom. The number of halogens is 1. The normalized spacial score (nSPS) is 23.8. The molecule has 1 amide bonds. The molecule has 0 unspecified atom stereocenters. The summed E-state index contributed by atoms with van der Waals surface area (Å²) in [6, 6.07) is 6.58. The van der Waals surface area contributed by atoms with E-state index in [0.29, 0.717) is 28.8 Å². The Labute approximate surface area is 181 Å². The van der Waals surface area contributed by atoms with Crippen LogP contribution in [0.1, 0.15) is 34.3 Å². The number of aromatic nitrogens is 3. The summed E-state index contributed by atoms with van der Waals surface area (Å²) >= 11 is 3.48. The average molecular weight is 476 g/mol. The van der Waals surface area contributed by atoms with Gasteiger partial charge in [-0.15, -0.1) is 0 Å². The van der Waals surface area contributed by atoms with Crippen LogP contribution in [0.25, 0.3) is 11.0 Å². The fraction of sp³-hybridized carbons (Fsp3) is 0.350. The molecule has 2 heterocycles. The van der Waals surface area contributed by atoms with Gasteiger partial charge in [0.1, 0.15) is 23.9 Å². The number of aliphatic hydroxyl groups is 2. The molecule has 0 aliphatic heterocycles. The minimum absolute atomic E-state index is 0.269. The fourth-order valence-corrected chi connectivity index (χ4v) is 4.67. The first-order chi connectivity index (χ1) is 14.3. The van der Waals surface area contributed by atoms with Gasteiger partial charge in [0, 0.05) is 29.2 Å². The molecule has 4 rings (SSSR count). The van der Waals surface area contributed by atoms with Crippen LogP contribution in [0.5, 0.6) is 0 Å². The highest BCUT2D eigenvalue weighted by Crippen LogP contribution is 2.44. The number of hydrogen-bond acceptors (Lipinski definition) is 7. The Balaban J connectivity index is 1.63. The molecular formula is C20H22BrN5O4. The van der Waals surface area contributed by atoms with E-state index in [-0.39, 0.29) is 11.8 Å². The van der Waals surface area contributed by atoms with Crippen LogP contribution in [-0.2, 0) is 4.84 Å². The number of benzene rings is 1. The third kappa shape index (κ3) is 3.35. The van der Waals surface area contributed by atoms with Gasteiger partial charge >= 0.3 is 0 Å². The number of hydrogen-bond donors (Lipinski definition) is 3. The molecule has 0 bridgehead atoms. The van der Waals surface area contributed by atoms with E-state index < -0.39 is 18.2 Å². The van der Waals surface area contributed by atoms with Crippen LogP contribution in [0, 0.1) is 0 Å². The second-order valence-electron chi connectivity index (χ2n) is 7.34. The zero-order valence-corrected chi connectivity index (χ0v) is 18.0. The van der Waals surface area contributed by atoms with Crippen LogP contribution in [0.2, 0.25) is 0 Å². The van der Waals surface area contributed by atoms with Crippen molar-refractivity contribution < 1.29 is 19.8 Å². The monoisotopic (exact) mass is 475 g/mol. The Morgan fingerprint density at radius 3 is 2.63 bits per heavy atom. The maximum absolute atomic E-state index is 12.2. The molecule has 4 N–H and O–H groups in total. The van der Waals surface area contributed by atoms with E-state index in [1.807, 2.05) is 4.57 Å². The van der Waals surface area contributed by atoms with E-state index in [1.54, 1.807) is 30.5 Å². The third-order valence-corrected chi connectivity index (χ3v) is 6.35. The minimum Gasteiger partial charge on any atom is -0.390 e. The molecule has 1 aliphatic rings. The first kappa shape index (κ1) is 20.7. The smallest absolute Gasteiger partial charge is 0.277 e. The number of anilines is 1. The lowest BCUT2D eigenvalue weighted by Gasteiger charge is -2.19. The molecule has 0 saturated heterocycles. The topological polar surface area (TPSA) is 127 Å². The van der Waals surface area contributed by atoms with Crippen LogP contribution in [0.3, 0.4) is 0 Å². The van der Waals surface area contributed by atoms with Gasteiger partial charge in [-0.25, -0.2) is 15.0 Å². The molecular weight excluding hydrogens is 454 g/mol. The Morgan fingerprint density at radius 2 is 1.97 bits per heavy atom. The van der Waals surface area contributed by atoms with E-state index in [4.69, 9.17) is 10.6 Å². The van der Waals surface area contributed by atoms with Crippen LogP contribution in [0.15, 0.2) is 41.3 Å². The number of nitrogens with zero attached hydrogens (tertiary/aromatic N) is 4. The van der Waals surface area contributed by atoms with Gasteiger partial charge in [-0.3, -0.25) is 9.63 Å². The maximum atomic E-state index is 12.2. The summed E-state index contributed by atoms with van der Waals surface area (Å²) < 4.78 is 2.56. The number of carbonyl (C=O) groups is 1. The summed E-state index contributed by atoms with van der Waals surface area (Å²) in [6.07, 6.45) is 1.72. The Bertz CT molecular complexity index is 1090. The fourth-order valence-electron chi connectivity index (χ4n) is 4.07. The second-order valence-corrected chi connectivity index (χ2v) is 8.19. The third-order valence-electron chi connectivity index (χ3n) is 5.75. The molecule has 1 saturated carbocycles. The first-order valence-electron chi connectivity index (χ1n) is 9.38. The van der Waals surface area contributed by atoms with Crippen molar-refractivity contribution in [1.29, 1.82) is 0 Å². The van der Waals surface area contributed by atoms with Crippen molar-refractivity contribution in [1.82, 2.24) is 19.6 Å². The van der Waals surface area contributed by atoms with Gasteiger partial charge in [0.05, 0.1) is 24.6 Å². The zero-order chi connectivity index (χ0) is 21.6. The largest absolute Gasteiger partial charge is 0.390 e. The lowest BCUT2D eigenvalue weighted by Crippen LogP contribution is -2.29. The number of amides is 1. The molecule has 0 spiro atoms. The van der Waals surface area contributed by atoms with Crippen LogP contribution >= 0.6 is 15.9 Å². The summed E-state index contributed by atoms with van der Waals surface area (Å²) in [6.45, 7) is 0. The van der Waals surface area contributed by atoms with Gasteiger partial charge in [-0.1, -0.05) is 12.1 Å². The zero-order valence-electron chi connectivity index (χ0n) is 16.4. The maximum Gasteiger partial charge on any atom is 0.277 e. The molecule has 2 aromatic heterocycles. The number of aliphatic hydroxyl groups excluding tert-OH is 2. The van der Waals surface area contributed by atoms with Crippen LogP contribution in [0.4, 0.5) is 5.82 Å². The molecule has 9 nitrogen and oxygen atoms in total. The predicted molar refractivity (Wildman–Crippen MR) is 114 cm³/mol. The molecule has 1 aromatic carbocycles. The summed E-state index contributed by atoms with van der Waals surface area (Å²) in [5, 5.41) is 23.4. The standard InChI is InChI=1S/C20H22BrN5O4/c1-25(30-2)20(29)11-5-3-10(4-6-11)12-7-14(17(28)16(12)27)26-8-13(21)15-18(22)23-9-24-19(15)26/h3-6,8-9,12,14,16-17,27-28H,7H2,1-2H3,(H2,22,23,24)/t12-,14-,16-,17+/m1/s1. The van der Waals surface area contributed by atoms with E-state index in [2.05, 4.69) is 25.9 Å². The van der Waals surface area contributed by atoms with Gasteiger partial charge in [0.2, 0.25) is 0 Å². The van der Waals surface area contributed by atoms with E-state index in [1.165, 1.54) is 20.5 Å². The highest BCUT2D eigenvalue weighted by molar-refractivity contribution is 9.10. The molecule has 1 fully saturated rings. The number of nitrogens with two attached hydrogens (primary N) is 1. The van der Waals surface area contributed by atoms with Gasteiger partial charge < -0.3 is 20.5 Å². The SMILES string of the molecule is CON(C)C(=O)c1ccc([C@H]2C[C@@H](n3cc(Br)c4c(N)ncnc43)[C@H](O)[C@@H]2O)cc1. The van der Waals surface area contributed by atoms with Crippen LogP contribution in [-0.4, -0.2) is 62.1 Å². The number of hydroxylamine groups is 2. The van der Waals surface area contributed by atoms with Crippen molar-refractivity contribution in [3.8, 4) is 0 Å². The summed E-state index contributed by atoms with van der Waals surface area (Å²) in [5.74, 6) is -0.226. The van der Waals surface area contributed by atoms with Crippen LogP contribution < -0.4 is 5.73 Å². The lowest BCUT2D eigenvalue weighted by molar-refractivity contribution is -0.0757. The van der Waals surface area contributed by atoms with Gasteiger partial charge in [0.15, 0.2) is 0 Å². The highest BCUT2D eigenvalue weighted by Gasteiger charge is 2.43. The molecule has 30 heavy (non-hydrogen) atoms. The average Bonchev–Trinajstić information content (AvgIpc) is 3.24. The van der Waals surface area contributed by atoms with Gasteiger partial charge in [-0.2, -0.15) is 0 Å². The molecule has 0 radical (unpaired) electrons. The lowest BCUT2D eigenvalue weighted by atomic mass is 9.94. The molecule has 3 aromatic rings. The number of carbonyl (C=O) groups excluding carboxylic acids is 1. The van der Waals surface area contributed by atoms with Crippen molar-refractivity contribution in [2.24, 2.45) is 0 Å². The minimum atomic E-state index is -0.991. The number of rotatable bonds is 4. The molecule has 158 valence electrons.